The van der Waals surface area contributed by atoms with Gasteiger partial charge in [0.05, 0.1) is 15.9 Å². The highest BCUT2D eigenvalue weighted by Crippen LogP contribution is 2.24. The van der Waals surface area contributed by atoms with Crippen molar-refractivity contribution in [1.29, 1.82) is 0 Å². The molecule has 6 aromatic rings. The van der Waals surface area contributed by atoms with Crippen LogP contribution in [0.25, 0.3) is 38.5 Å². The van der Waals surface area contributed by atoms with E-state index in [9.17, 15) is 4.79 Å². The minimum absolute atomic E-state index is 0.227. The van der Waals surface area contributed by atoms with E-state index in [2.05, 4.69) is 25.5 Å². The van der Waals surface area contributed by atoms with Crippen molar-refractivity contribution >= 4 is 38.8 Å². The maximum Gasteiger partial charge on any atom is 0.284 e. The first-order valence-corrected chi connectivity index (χ1v) is 11.0. The first kappa shape index (κ1) is 19.2. The quantitative estimate of drug-likeness (QED) is 0.418. The first-order chi connectivity index (χ1) is 16.2. The number of nitrogens with one attached hydrogen (secondary N) is 1. The smallest absolute Gasteiger partial charge is 0.284 e. The van der Waals surface area contributed by atoms with Crippen molar-refractivity contribution in [3.63, 3.8) is 0 Å². The average molecular weight is 449 g/mol. The van der Waals surface area contributed by atoms with Crippen LogP contribution < -0.4 is 5.32 Å². The van der Waals surface area contributed by atoms with Gasteiger partial charge in [-0.2, -0.15) is 9.61 Å². The number of aromatic nitrogens is 6. The van der Waals surface area contributed by atoms with Crippen molar-refractivity contribution in [2.24, 2.45) is 0 Å². The summed E-state index contributed by atoms with van der Waals surface area (Å²) >= 11 is 1.37. The van der Waals surface area contributed by atoms with E-state index in [1.165, 1.54) is 11.3 Å². The zero-order chi connectivity index (χ0) is 22.2. The molecular formula is C24H15N7OS. The highest BCUT2D eigenvalue weighted by Gasteiger charge is 2.13. The van der Waals surface area contributed by atoms with Gasteiger partial charge in [0.15, 0.2) is 16.5 Å². The molecule has 0 bridgehead atoms. The van der Waals surface area contributed by atoms with Crippen LogP contribution in [0.15, 0.2) is 85.2 Å². The number of amides is 1. The Morgan fingerprint density at radius 3 is 2.48 bits per heavy atom. The third-order valence-corrected chi connectivity index (χ3v) is 6.16. The van der Waals surface area contributed by atoms with Crippen LogP contribution in [0.3, 0.4) is 0 Å². The van der Waals surface area contributed by atoms with E-state index < -0.39 is 0 Å². The maximum atomic E-state index is 12.6. The van der Waals surface area contributed by atoms with Crippen molar-refractivity contribution in [1.82, 2.24) is 29.8 Å². The fourth-order valence-electron chi connectivity index (χ4n) is 3.50. The third-order valence-electron chi connectivity index (χ3n) is 5.13. The normalized spacial score (nSPS) is 11.2. The molecule has 9 heteroatoms. The molecule has 2 aromatic carbocycles. The first-order valence-electron chi connectivity index (χ1n) is 10.1. The monoisotopic (exact) mass is 449 g/mol. The van der Waals surface area contributed by atoms with Crippen LogP contribution >= 0.6 is 11.3 Å². The largest absolute Gasteiger partial charge is 0.320 e. The molecular weight excluding hydrogens is 434 g/mol. The standard InChI is InChI=1S/C24H15N7OS/c32-23(24-27-19-3-1-2-4-20(19)33-24)26-17-7-5-15(6-8-17)18-9-10-21-28-29-22(31(21)30-18)16-11-13-25-14-12-16/h1-14H,(H,26,32). The third kappa shape index (κ3) is 3.60. The molecule has 0 fully saturated rings. The molecule has 0 unspecified atom stereocenters. The van der Waals surface area contributed by atoms with E-state index >= 15 is 0 Å². The molecule has 0 saturated carbocycles. The Kier molecular flexibility index (Phi) is 4.59. The van der Waals surface area contributed by atoms with Gasteiger partial charge in [-0.1, -0.05) is 24.3 Å². The molecule has 0 saturated heterocycles. The van der Waals surface area contributed by atoms with Crippen molar-refractivity contribution < 1.29 is 4.79 Å². The number of pyridine rings is 1. The van der Waals surface area contributed by atoms with Gasteiger partial charge in [-0.3, -0.25) is 9.78 Å². The Morgan fingerprint density at radius 2 is 1.67 bits per heavy atom. The lowest BCUT2D eigenvalue weighted by molar-refractivity contribution is 0.102. The summed E-state index contributed by atoms with van der Waals surface area (Å²) in [7, 11) is 0. The lowest BCUT2D eigenvalue weighted by Crippen LogP contribution is -2.11. The highest BCUT2D eigenvalue weighted by molar-refractivity contribution is 7.20. The Hall–Kier alpha value is -4.50. The summed E-state index contributed by atoms with van der Waals surface area (Å²) in [6, 6.07) is 22.7. The van der Waals surface area contributed by atoms with Crippen LogP contribution in [0.5, 0.6) is 0 Å². The van der Waals surface area contributed by atoms with Gasteiger partial charge < -0.3 is 5.32 Å². The number of rotatable bonds is 4. The number of carbonyl (C=O) groups excluding carboxylic acids is 1. The maximum absolute atomic E-state index is 12.6. The van der Waals surface area contributed by atoms with Crippen LogP contribution in [-0.2, 0) is 0 Å². The molecule has 0 radical (unpaired) electrons. The molecule has 33 heavy (non-hydrogen) atoms. The second-order valence-corrected chi connectivity index (χ2v) is 8.30. The van der Waals surface area contributed by atoms with E-state index in [4.69, 9.17) is 5.10 Å². The molecule has 1 N–H and O–H groups in total. The van der Waals surface area contributed by atoms with Crippen LogP contribution in [0.4, 0.5) is 5.69 Å². The topological polar surface area (TPSA) is 98.0 Å². The lowest BCUT2D eigenvalue weighted by atomic mass is 10.1. The molecule has 0 aliphatic carbocycles. The lowest BCUT2D eigenvalue weighted by Gasteiger charge is -2.06. The molecule has 0 atom stereocenters. The predicted octanol–water partition coefficient (Wildman–Crippen LogP) is 4.72. The number of benzene rings is 2. The summed E-state index contributed by atoms with van der Waals surface area (Å²) in [5, 5.41) is 16.5. The van der Waals surface area contributed by atoms with Crippen LogP contribution in [-0.4, -0.2) is 35.7 Å². The zero-order valence-electron chi connectivity index (χ0n) is 17.1. The fraction of sp³-hybridized carbons (Fsp3) is 0. The van der Waals surface area contributed by atoms with Crippen molar-refractivity contribution in [3.8, 4) is 22.6 Å². The molecule has 4 heterocycles. The van der Waals surface area contributed by atoms with E-state index in [-0.39, 0.29) is 5.91 Å². The van der Waals surface area contributed by atoms with E-state index in [0.717, 1.165) is 27.0 Å². The summed E-state index contributed by atoms with van der Waals surface area (Å²) < 4.78 is 2.70. The van der Waals surface area contributed by atoms with E-state index in [1.54, 1.807) is 16.9 Å². The number of hydrogen-bond donors (Lipinski definition) is 1. The van der Waals surface area contributed by atoms with Crippen LogP contribution in [0.1, 0.15) is 9.80 Å². The highest BCUT2D eigenvalue weighted by atomic mass is 32.1. The van der Waals surface area contributed by atoms with Gasteiger partial charge in [-0.05, 0) is 48.5 Å². The number of fused-ring (bicyclic) bond motifs is 2. The van der Waals surface area contributed by atoms with Gasteiger partial charge in [0.2, 0.25) is 0 Å². The Balaban J connectivity index is 1.26. The number of thiazole rings is 1. The van der Waals surface area contributed by atoms with E-state index in [0.29, 0.717) is 22.2 Å². The fourth-order valence-corrected chi connectivity index (χ4v) is 4.36. The number of carbonyl (C=O) groups is 1. The summed E-state index contributed by atoms with van der Waals surface area (Å²) in [6.45, 7) is 0. The Labute approximate surface area is 191 Å². The number of anilines is 1. The molecule has 4 aromatic heterocycles. The SMILES string of the molecule is O=C(Nc1ccc(-c2ccc3nnc(-c4ccncc4)n3n2)cc1)c1nc2ccccc2s1. The van der Waals surface area contributed by atoms with Gasteiger partial charge in [-0.15, -0.1) is 21.5 Å². The van der Waals surface area contributed by atoms with Crippen LogP contribution in [0, 0.1) is 0 Å². The minimum atomic E-state index is -0.227. The Bertz CT molecular complexity index is 1570. The van der Waals surface area contributed by atoms with Gasteiger partial charge >= 0.3 is 0 Å². The number of para-hydroxylation sites is 1. The summed E-state index contributed by atoms with van der Waals surface area (Å²) in [5.41, 5.74) is 4.72. The molecule has 0 aliphatic heterocycles. The molecule has 8 nitrogen and oxygen atoms in total. The zero-order valence-corrected chi connectivity index (χ0v) is 17.9. The molecule has 0 aliphatic rings. The predicted molar refractivity (Wildman–Crippen MR) is 127 cm³/mol. The Morgan fingerprint density at radius 1 is 0.848 bits per heavy atom. The van der Waals surface area contributed by atoms with Crippen molar-refractivity contribution in [2.45, 2.75) is 0 Å². The van der Waals surface area contributed by atoms with Crippen LogP contribution in [0.2, 0.25) is 0 Å². The number of nitrogens with zero attached hydrogens (tertiary/aromatic N) is 6. The number of hydrogen-bond acceptors (Lipinski definition) is 7. The summed E-state index contributed by atoms with van der Waals surface area (Å²) in [4.78, 5) is 21.1. The molecule has 158 valence electrons. The van der Waals surface area contributed by atoms with Gasteiger partial charge in [0, 0.05) is 29.2 Å². The summed E-state index contributed by atoms with van der Waals surface area (Å²) in [6.07, 6.45) is 3.42. The molecule has 6 rings (SSSR count). The van der Waals surface area contributed by atoms with E-state index in [1.807, 2.05) is 72.8 Å². The summed E-state index contributed by atoms with van der Waals surface area (Å²) in [5.74, 6) is 0.420. The van der Waals surface area contributed by atoms with Gasteiger partial charge in [0.1, 0.15) is 0 Å². The van der Waals surface area contributed by atoms with Gasteiger partial charge in [0.25, 0.3) is 5.91 Å². The van der Waals surface area contributed by atoms with Gasteiger partial charge in [-0.25, -0.2) is 4.98 Å². The van der Waals surface area contributed by atoms with Crippen molar-refractivity contribution in [2.75, 3.05) is 5.32 Å². The molecule has 0 spiro atoms. The van der Waals surface area contributed by atoms with Crippen molar-refractivity contribution in [3.05, 3.63) is 90.2 Å². The average Bonchev–Trinajstić information content (AvgIpc) is 3.49. The molecule has 1 amide bonds. The minimum Gasteiger partial charge on any atom is -0.320 e. The second kappa shape index (κ2) is 7.88. The second-order valence-electron chi connectivity index (χ2n) is 7.27.